The number of halogens is 1. The summed E-state index contributed by atoms with van der Waals surface area (Å²) in [6.07, 6.45) is 2.85. The van der Waals surface area contributed by atoms with Crippen molar-refractivity contribution in [2.75, 3.05) is 5.32 Å². The van der Waals surface area contributed by atoms with Gasteiger partial charge in [-0.25, -0.2) is 4.68 Å². The molecule has 0 saturated carbocycles. The maximum Gasteiger partial charge on any atom is 0.230 e. The van der Waals surface area contributed by atoms with E-state index < -0.39 is 0 Å². The summed E-state index contributed by atoms with van der Waals surface area (Å²) in [7, 11) is 0. The predicted octanol–water partition coefficient (Wildman–Crippen LogP) is 4.79. The number of carbonyl (C=O) groups is 1. The number of hydrogen-bond donors (Lipinski definition) is 1. The van der Waals surface area contributed by atoms with E-state index in [9.17, 15) is 4.79 Å². The minimum absolute atomic E-state index is 0.161. The lowest BCUT2D eigenvalue weighted by Gasteiger charge is -2.03. The number of aromatic nitrogens is 4. The zero-order valence-electron chi connectivity index (χ0n) is 15.7. The van der Waals surface area contributed by atoms with Crippen LogP contribution in [0.4, 0.5) is 5.13 Å². The number of nitrogens with one attached hydrogen (secondary N) is 1. The fourth-order valence-electron chi connectivity index (χ4n) is 2.89. The summed E-state index contributed by atoms with van der Waals surface area (Å²) in [5.74, 6) is -0.161. The smallest absolute Gasteiger partial charge is 0.230 e. The number of carbonyl (C=O) groups excluding carboxylic acids is 1. The number of aryl methyl sites for hydroxylation is 1. The number of benzene rings is 2. The van der Waals surface area contributed by atoms with Gasteiger partial charge in [0.25, 0.3) is 0 Å². The van der Waals surface area contributed by atoms with Crippen molar-refractivity contribution in [1.82, 2.24) is 20.0 Å². The lowest BCUT2D eigenvalue weighted by Crippen LogP contribution is -2.14. The molecule has 1 N–H and O–H groups in total. The van der Waals surface area contributed by atoms with Crippen LogP contribution in [0.15, 0.2) is 60.8 Å². The Labute approximate surface area is 177 Å². The number of anilines is 1. The second-order valence-electron chi connectivity index (χ2n) is 6.37. The van der Waals surface area contributed by atoms with Gasteiger partial charge in [0.05, 0.1) is 17.8 Å². The van der Waals surface area contributed by atoms with E-state index in [2.05, 4.69) is 15.5 Å². The SMILES string of the molecule is CCc1nnc(NC(=O)Cc2cn(-c3ccccc3)nc2-c2ccc(Cl)cc2)s1. The van der Waals surface area contributed by atoms with Crippen molar-refractivity contribution >= 4 is 34.0 Å². The molecule has 0 unspecified atom stereocenters. The topological polar surface area (TPSA) is 72.7 Å². The van der Waals surface area contributed by atoms with Gasteiger partial charge in [-0.15, -0.1) is 10.2 Å². The summed E-state index contributed by atoms with van der Waals surface area (Å²) in [6, 6.07) is 17.2. The van der Waals surface area contributed by atoms with Crippen LogP contribution in [-0.4, -0.2) is 25.9 Å². The van der Waals surface area contributed by atoms with Crippen molar-refractivity contribution < 1.29 is 4.79 Å². The Hall–Kier alpha value is -3.03. The molecule has 0 atom stereocenters. The number of amides is 1. The summed E-state index contributed by atoms with van der Waals surface area (Å²) in [4.78, 5) is 12.6. The van der Waals surface area contributed by atoms with E-state index >= 15 is 0 Å². The molecule has 2 aromatic heterocycles. The fraction of sp³-hybridized carbons (Fsp3) is 0.143. The Morgan fingerprint density at radius 3 is 2.55 bits per heavy atom. The molecule has 0 spiro atoms. The summed E-state index contributed by atoms with van der Waals surface area (Å²) in [5.41, 5.74) is 3.38. The molecule has 0 fully saturated rings. The van der Waals surface area contributed by atoms with E-state index in [0.29, 0.717) is 10.2 Å². The highest BCUT2D eigenvalue weighted by Crippen LogP contribution is 2.26. The molecule has 1 amide bonds. The van der Waals surface area contributed by atoms with Gasteiger partial charge < -0.3 is 5.32 Å². The van der Waals surface area contributed by atoms with Crippen LogP contribution in [0.1, 0.15) is 17.5 Å². The van der Waals surface area contributed by atoms with Crippen molar-refractivity contribution in [3.8, 4) is 16.9 Å². The Morgan fingerprint density at radius 1 is 1.10 bits per heavy atom. The number of nitrogens with zero attached hydrogens (tertiary/aromatic N) is 4. The first-order valence-electron chi connectivity index (χ1n) is 9.14. The first-order valence-corrected chi connectivity index (χ1v) is 10.3. The Bertz CT molecular complexity index is 1120. The minimum atomic E-state index is -0.161. The highest BCUT2D eigenvalue weighted by atomic mass is 35.5. The predicted molar refractivity (Wildman–Crippen MR) is 116 cm³/mol. The molecule has 0 saturated heterocycles. The van der Waals surface area contributed by atoms with Crippen molar-refractivity contribution in [3.05, 3.63) is 76.4 Å². The maximum atomic E-state index is 12.6. The molecule has 4 rings (SSSR count). The summed E-state index contributed by atoms with van der Waals surface area (Å²) in [5, 5.41) is 17.7. The maximum absolute atomic E-state index is 12.6. The molecular weight excluding hydrogens is 406 g/mol. The zero-order valence-corrected chi connectivity index (χ0v) is 17.2. The van der Waals surface area contributed by atoms with Gasteiger partial charge in [-0.05, 0) is 30.7 Å². The molecule has 2 heterocycles. The van der Waals surface area contributed by atoms with Crippen molar-refractivity contribution in [3.63, 3.8) is 0 Å². The average Bonchev–Trinajstić information content (AvgIpc) is 3.36. The third kappa shape index (κ3) is 4.52. The zero-order chi connectivity index (χ0) is 20.2. The molecule has 0 aliphatic rings. The third-order valence-corrected chi connectivity index (χ3v) is 5.53. The van der Waals surface area contributed by atoms with Gasteiger partial charge in [0.1, 0.15) is 5.01 Å². The van der Waals surface area contributed by atoms with Crippen LogP contribution < -0.4 is 5.32 Å². The summed E-state index contributed by atoms with van der Waals surface area (Å²) >= 11 is 7.41. The van der Waals surface area contributed by atoms with E-state index in [-0.39, 0.29) is 12.3 Å². The summed E-state index contributed by atoms with van der Waals surface area (Å²) in [6.45, 7) is 2.00. The fourth-order valence-corrected chi connectivity index (χ4v) is 3.71. The van der Waals surface area contributed by atoms with E-state index in [1.165, 1.54) is 11.3 Å². The molecule has 0 aliphatic heterocycles. The monoisotopic (exact) mass is 423 g/mol. The lowest BCUT2D eigenvalue weighted by atomic mass is 10.1. The molecular formula is C21H18ClN5OS. The van der Waals surface area contributed by atoms with Crippen LogP contribution >= 0.6 is 22.9 Å². The van der Waals surface area contributed by atoms with E-state index in [1.807, 2.05) is 67.7 Å². The first kappa shape index (κ1) is 19.3. The number of hydrogen-bond acceptors (Lipinski definition) is 5. The second kappa shape index (κ2) is 8.55. The molecule has 4 aromatic rings. The van der Waals surface area contributed by atoms with Crippen LogP contribution in [0.5, 0.6) is 0 Å². The molecule has 0 radical (unpaired) electrons. The molecule has 0 bridgehead atoms. The van der Waals surface area contributed by atoms with Crippen LogP contribution in [0.25, 0.3) is 16.9 Å². The van der Waals surface area contributed by atoms with Crippen LogP contribution in [-0.2, 0) is 17.6 Å². The largest absolute Gasteiger partial charge is 0.300 e. The Morgan fingerprint density at radius 2 is 1.86 bits per heavy atom. The average molecular weight is 424 g/mol. The van der Waals surface area contributed by atoms with Gasteiger partial charge in [0.2, 0.25) is 11.0 Å². The quantitative estimate of drug-likeness (QED) is 0.484. The van der Waals surface area contributed by atoms with Gasteiger partial charge in [-0.3, -0.25) is 4.79 Å². The summed E-state index contributed by atoms with van der Waals surface area (Å²) < 4.78 is 1.78. The van der Waals surface area contributed by atoms with E-state index in [0.717, 1.165) is 33.9 Å². The van der Waals surface area contributed by atoms with Crippen LogP contribution in [0, 0.1) is 0 Å². The molecule has 0 aliphatic carbocycles. The highest BCUT2D eigenvalue weighted by molar-refractivity contribution is 7.15. The highest BCUT2D eigenvalue weighted by Gasteiger charge is 2.16. The van der Waals surface area contributed by atoms with Crippen LogP contribution in [0.3, 0.4) is 0 Å². The third-order valence-electron chi connectivity index (χ3n) is 4.30. The van der Waals surface area contributed by atoms with Crippen molar-refractivity contribution in [2.24, 2.45) is 0 Å². The van der Waals surface area contributed by atoms with Gasteiger partial charge in [-0.1, -0.05) is 60.2 Å². The minimum Gasteiger partial charge on any atom is -0.300 e. The Kier molecular flexibility index (Phi) is 5.69. The molecule has 29 heavy (non-hydrogen) atoms. The molecule has 6 nitrogen and oxygen atoms in total. The van der Waals surface area contributed by atoms with Gasteiger partial charge in [0.15, 0.2) is 0 Å². The van der Waals surface area contributed by atoms with Gasteiger partial charge in [0, 0.05) is 22.3 Å². The lowest BCUT2D eigenvalue weighted by molar-refractivity contribution is -0.115. The number of para-hydroxylation sites is 1. The van der Waals surface area contributed by atoms with E-state index in [4.69, 9.17) is 16.7 Å². The standard InChI is InChI=1S/C21H18ClN5OS/c1-2-19-24-25-21(29-19)23-18(28)12-15-13-27(17-6-4-3-5-7-17)26-20(15)14-8-10-16(22)11-9-14/h3-11,13H,2,12H2,1H3,(H,23,25,28). The molecule has 2 aromatic carbocycles. The second-order valence-corrected chi connectivity index (χ2v) is 7.87. The van der Waals surface area contributed by atoms with Gasteiger partial charge in [-0.2, -0.15) is 5.10 Å². The number of rotatable bonds is 6. The first-order chi connectivity index (χ1) is 14.1. The van der Waals surface area contributed by atoms with Crippen molar-refractivity contribution in [1.29, 1.82) is 0 Å². The normalized spacial score (nSPS) is 10.8. The molecule has 146 valence electrons. The Balaban J connectivity index is 1.64. The van der Waals surface area contributed by atoms with Gasteiger partial charge >= 0.3 is 0 Å². The van der Waals surface area contributed by atoms with Crippen LogP contribution in [0.2, 0.25) is 5.02 Å². The van der Waals surface area contributed by atoms with E-state index in [1.54, 1.807) is 4.68 Å². The van der Waals surface area contributed by atoms with Crippen molar-refractivity contribution in [2.45, 2.75) is 19.8 Å². The molecule has 8 heteroatoms.